The van der Waals surface area contributed by atoms with Crippen LogP contribution in [0.25, 0.3) is 21.3 Å². The van der Waals surface area contributed by atoms with Crippen molar-refractivity contribution < 1.29 is 4.74 Å². The van der Waals surface area contributed by atoms with Gasteiger partial charge in [0.1, 0.15) is 16.4 Å². The van der Waals surface area contributed by atoms with Gasteiger partial charge < -0.3 is 15.0 Å². The van der Waals surface area contributed by atoms with Crippen LogP contribution in [-0.4, -0.2) is 42.8 Å². The van der Waals surface area contributed by atoms with Gasteiger partial charge in [-0.3, -0.25) is 0 Å². The number of rotatable bonds is 4. The third kappa shape index (κ3) is 3.24. The van der Waals surface area contributed by atoms with Crippen molar-refractivity contribution in [3.05, 3.63) is 34.4 Å². The molecular formula is C19H21ClN4OS. The molecule has 1 aromatic carbocycles. The quantitative estimate of drug-likeness (QED) is 0.681. The molecule has 4 rings (SSSR count). The van der Waals surface area contributed by atoms with Crippen molar-refractivity contribution in [3.8, 4) is 16.9 Å². The van der Waals surface area contributed by atoms with Crippen LogP contribution in [0.2, 0.25) is 5.28 Å². The summed E-state index contributed by atoms with van der Waals surface area (Å²) in [5.74, 6) is 1.82. The lowest BCUT2D eigenvalue weighted by Gasteiger charge is -2.29. The molecule has 136 valence electrons. The van der Waals surface area contributed by atoms with Gasteiger partial charge in [-0.2, -0.15) is 4.98 Å². The lowest BCUT2D eigenvalue weighted by molar-refractivity contribution is 0.340. The molecular weight excluding hydrogens is 368 g/mol. The van der Waals surface area contributed by atoms with Gasteiger partial charge in [0.15, 0.2) is 0 Å². The van der Waals surface area contributed by atoms with E-state index in [0.29, 0.717) is 11.9 Å². The first-order valence-electron chi connectivity index (χ1n) is 8.83. The average Bonchev–Trinajstić information content (AvgIpc) is 2.98. The normalized spacial score (nSPS) is 14.8. The first-order valence-corrected chi connectivity index (χ1v) is 10.0. The molecule has 0 unspecified atom stereocenters. The maximum Gasteiger partial charge on any atom is 0.225 e. The van der Waals surface area contributed by atoms with Crippen molar-refractivity contribution >= 4 is 39.0 Å². The van der Waals surface area contributed by atoms with Gasteiger partial charge in [0.05, 0.1) is 12.0 Å². The van der Waals surface area contributed by atoms with E-state index in [1.165, 1.54) is 10.4 Å². The Kier molecular flexibility index (Phi) is 4.98. The highest BCUT2D eigenvalue weighted by atomic mass is 35.5. The van der Waals surface area contributed by atoms with Gasteiger partial charge in [-0.05, 0) is 43.1 Å². The molecule has 0 spiro atoms. The van der Waals surface area contributed by atoms with Crippen molar-refractivity contribution in [1.82, 2.24) is 15.3 Å². The second-order valence-electron chi connectivity index (χ2n) is 6.22. The molecule has 0 radical (unpaired) electrons. The van der Waals surface area contributed by atoms with Crippen molar-refractivity contribution in [2.24, 2.45) is 0 Å². The SMILES string of the molecule is CCOc1ccc(-c2c(C)sc3nc(Cl)nc(N4CCNCC4)c23)cc1. The van der Waals surface area contributed by atoms with E-state index in [0.717, 1.165) is 53.5 Å². The van der Waals surface area contributed by atoms with Crippen LogP contribution in [0.1, 0.15) is 11.8 Å². The van der Waals surface area contributed by atoms with Crippen LogP contribution in [0.5, 0.6) is 5.75 Å². The Hall–Kier alpha value is -1.89. The number of anilines is 1. The molecule has 2 aromatic heterocycles. The lowest BCUT2D eigenvalue weighted by atomic mass is 10.0. The molecule has 3 heterocycles. The van der Waals surface area contributed by atoms with Gasteiger partial charge >= 0.3 is 0 Å². The van der Waals surface area contributed by atoms with Crippen LogP contribution in [-0.2, 0) is 0 Å². The minimum absolute atomic E-state index is 0.311. The molecule has 5 nitrogen and oxygen atoms in total. The number of aryl methyl sites for hydroxylation is 1. The highest BCUT2D eigenvalue weighted by Crippen LogP contribution is 2.42. The second-order valence-corrected chi connectivity index (χ2v) is 7.77. The number of hydrogen-bond donors (Lipinski definition) is 1. The third-order valence-corrected chi connectivity index (χ3v) is 5.72. The number of hydrogen-bond acceptors (Lipinski definition) is 6. The predicted molar refractivity (Wildman–Crippen MR) is 109 cm³/mol. The van der Waals surface area contributed by atoms with E-state index in [4.69, 9.17) is 16.3 Å². The standard InChI is InChI=1S/C19H21ClN4OS/c1-3-25-14-6-4-13(5-7-14)15-12(2)26-18-16(15)17(22-19(20)23-18)24-10-8-21-9-11-24/h4-7,21H,3,8-11H2,1-2H3. The molecule has 1 aliphatic heterocycles. The van der Waals surface area contributed by atoms with Crippen LogP contribution in [0.4, 0.5) is 5.82 Å². The fourth-order valence-corrected chi connectivity index (χ4v) is 4.66. The van der Waals surface area contributed by atoms with Crippen LogP contribution >= 0.6 is 22.9 Å². The fourth-order valence-electron chi connectivity index (χ4n) is 3.41. The molecule has 26 heavy (non-hydrogen) atoms. The summed E-state index contributed by atoms with van der Waals surface area (Å²) >= 11 is 7.90. The van der Waals surface area contributed by atoms with E-state index in [1.807, 2.05) is 19.1 Å². The van der Waals surface area contributed by atoms with E-state index in [9.17, 15) is 0 Å². The Morgan fingerprint density at radius 1 is 1.19 bits per heavy atom. The Morgan fingerprint density at radius 2 is 1.92 bits per heavy atom. The summed E-state index contributed by atoms with van der Waals surface area (Å²) in [6.45, 7) is 8.52. The Labute approximate surface area is 162 Å². The average molecular weight is 389 g/mol. The van der Waals surface area contributed by atoms with Crippen LogP contribution in [0.15, 0.2) is 24.3 Å². The number of aromatic nitrogens is 2. The molecule has 0 aliphatic carbocycles. The first kappa shape index (κ1) is 17.5. The molecule has 1 aliphatic rings. The van der Waals surface area contributed by atoms with Crippen LogP contribution < -0.4 is 15.0 Å². The van der Waals surface area contributed by atoms with Gasteiger partial charge in [0, 0.05) is 36.6 Å². The maximum absolute atomic E-state index is 6.23. The van der Waals surface area contributed by atoms with Crippen molar-refractivity contribution in [2.45, 2.75) is 13.8 Å². The van der Waals surface area contributed by atoms with E-state index >= 15 is 0 Å². The summed E-state index contributed by atoms with van der Waals surface area (Å²) in [5, 5.41) is 4.80. The van der Waals surface area contributed by atoms with Crippen molar-refractivity contribution in [3.63, 3.8) is 0 Å². The number of ether oxygens (including phenoxy) is 1. The Balaban J connectivity index is 1.87. The molecule has 0 atom stereocenters. The van der Waals surface area contributed by atoms with Gasteiger partial charge in [-0.1, -0.05) is 12.1 Å². The van der Waals surface area contributed by atoms with Crippen molar-refractivity contribution in [2.75, 3.05) is 37.7 Å². The topological polar surface area (TPSA) is 50.3 Å². The zero-order chi connectivity index (χ0) is 18.1. The van der Waals surface area contributed by atoms with E-state index in [-0.39, 0.29) is 0 Å². The maximum atomic E-state index is 6.23. The van der Waals surface area contributed by atoms with Gasteiger partial charge in [0.2, 0.25) is 5.28 Å². The van der Waals surface area contributed by atoms with E-state index in [1.54, 1.807) is 11.3 Å². The second kappa shape index (κ2) is 7.39. The lowest BCUT2D eigenvalue weighted by Crippen LogP contribution is -2.44. The van der Waals surface area contributed by atoms with E-state index in [2.05, 4.69) is 39.2 Å². The minimum atomic E-state index is 0.311. The zero-order valence-corrected chi connectivity index (χ0v) is 16.5. The molecule has 3 aromatic rings. The number of thiophene rings is 1. The number of nitrogens with one attached hydrogen (secondary N) is 1. The van der Waals surface area contributed by atoms with Crippen LogP contribution in [0, 0.1) is 6.92 Å². The third-order valence-electron chi connectivity index (χ3n) is 4.55. The molecule has 1 saturated heterocycles. The summed E-state index contributed by atoms with van der Waals surface area (Å²) in [5.41, 5.74) is 2.35. The smallest absolute Gasteiger partial charge is 0.225 e. The summed E-state index contributed by atoms with van der Waals surface area (Å²) < 4.78 is 5.58. The Morgan fingerprint density at radius 3 is 2.62 bits per heavy atom. The van der Waals surface area contributed by atoms with Gasteiger partial charge in [-0.25, -0.2) is 4.98 Å². The number of benzene rings is 1. The first-order chi connectivity index (χ1) is 12.7. The summed E-state index contributed by atoms with van der Waals surface area (Å²) in [7, 11) is 0. The zero-order valence-electron chi connectivity index (χ0n) is 14.9. The number of halogens is 1. The largest absolute Gasteiger partial charge is 0.494 e. The van der Waals surface area contributed by atoms with Gasteiger partial charge in [0.25, 0.3) is 0 Å². The predicted octanol–water partition coefficient (Wildman–Crippen LogP) is 4.13. The minimum Gasteiger partial charge on any atom is -0.494 e. The molecule has 7 heteroatoms. The summed E-state index contributed by atoms with van der Waals surface area (Å²) in [6.07, 6.45) is 0. The molecule has 0 amide bonds. The molecule has 0 saturated carbocycles. The highest BCUT2D eigenvalue weighted by molar-refractivity contribution is 7.19. The highest BCUT2D eigenvalue weighted by Gasteiger charge is 2.22. The Bertz CT molecular complexity index is 919. The summed E-state index contributed by atoms with van der Waals surface area (Å²) in [4.78, 5) is 13.6. The molecule has 0 bridgehead atoms. The summed E-state index contributed by atoms with van der Waals surface area (Å²) in [6, 6.07) is 8.25. The number of nitrogens with zero attached hydrogens (tertiary/aromatic N) is 3. The number of fused-ring (bicyclic) bond motifs is 1. The van der Waals surface area contributed by atoms with Crippen LogP contribution in [0.3, 0.4) is 0 Å². The monoisotopic (exact) mass is 388 g/mol. The molecule has 1 fully saturated rings. The molecule has 1 N–H and O–H groups in total. The van der Waals surface area contributed by atoms with Gasteiger partial charge in [-0.15, -0.1) is 11.3 Å². The van der Waals surface area contributed by atoms with Crippen molar-refractivity contribution in [1.29, 1.82) is 0 Å². The fraction of sp³-hybridized carbons (Fsp3) is 0.368. The number of piperazine rings is 1. The van der Waals surface area contributed by atoms with E-state index < -0.39 is 0 Å².